The molecule has 4 nitrogen and oxygen atoms in total. The largest absolute Gasteiger partial charge is 0.463 e. The highest BCUT2D eigenvalue weighted by molar-refractivity contribution is 14.1. The Kier molecular flexibility index (Phi) is 6.33. The summed E-state index contributed by atoms with van der Waals surface area (Å²) in [5.74, 6) is 2.40. The molecular formula is C25H37IO4. The lowest BCUT2D eigenvalue weighted by Gasteiger charge is -2.58. The van der Waals surface area contributed by atoms with E-state index >= 15 is 0 Å². The number of ether oxygens (including phenoxy) is 2. The number of rotatable bonds is 4. The Hall–Kier alpha value is -0.590. The highest BCUT2D eigenvalue weighted by Crippen LogP contribution is 2.67. The lowest BCUT2D eigenvalue weighted by atomic mass is 9.47. The Labute approximate surface area is 195 Å². The second-order valence-electron chi connectivity index (χ2n) is 10.6. The first kappa shape index (κ1) is 22.6. The third-order valence-corrected chi connectivity index (χ3v) is 10.8. The molecule has 0 aliphatic heterocycles. The van der Waals surface area contributed by atoms with Crippen LogP contribution in [-0.2, 0) is 19.1 Å². The molecule has 5 heteroatoms. The molecule has 0 spiro atoms. The van der Waals surface area contributed by atoms with Crippen molar-refractivity contribution in [3.05, 3.63) is 11.6 Å². The molecule has 0 amide bonds. The zero-order valence-electron chi connectivity index (χ0n) is 18.9. The Morgan fingerprint density at radius 3 is 2.57 bits per heavy atom. The highest BCUT2D eigenvalue weighted by Gasteiger charge is 2.61. The van der Waals surface area contributed by atoms with Crippen LogP contribution in [0.1, 0.15) is 79.1 Å². The second-order valence-corrected chi connectivity index (χ2v) is 11.4. The maximum atomic E-state index is 11.6. The van der Waals surface area contributed by atoms with Crippen LogP contribution in [0.15, 0.2) is 11.6 Å². The Bertz CT molecular complexity index is 733. The van der Waals surface area contributed by atoms with Crippen molar-refractivity contribution in [3.8, 4) is 0 Å². The predicted octanol–water partition coefficient (Wildman–Crippen LogP) is 5.86. The van der Waals surface area contributed by atoms with Gasteiger partial charge in [0.05, 0.1) is 0 Å². The van der Waals surface area contributed by atoms with E-state index in [9.17, 15) is 9.59 Å². The maximum absolute atomic E-state index is 11.6. The van der Waals surface area contributed by atoms with Crippen LogP contribution in [0.5, 0.6) is 0 Å². The van der Waals surface area contributed by atoms with Crippen molar-refractivity contribution in [2.24, 2.45) is 34.5 Å². The van der Waals surface area contributed by atoms with Crippen molar-refractivity contribution in [1.29, 1.82) is 0 Å². The van der Waals surface area contributed by atoms with Gasteiger partial charge >= 0.3 is 11.9 Å². The molecule has 0 bridgehead atoms. The summed E-state index contributed by atoms with van der Waals surface area (Å²) in [6.45, 7) is 7.67. The monoisotopic (exact) mass is 528 g/mol. The highest BCUT2D eigenvalue weighted by atomic mass is 127. The zero-order valence-corrected chi connectivity index (χ0v) is 21.1. The number of esters is 2. The van der Waals surface area contributed by atoms with Crippen LogP contribution >= 0.6 is 22.6 Å². The summed E-state index contributed by atoms with van der Waals surface area (Å²) < 4.78 is 12.4. The normalized spacial score (nSPS) is 43.5. The minimum Gasteiger partial charge on any atom is -0.463 e. The number of halogens is 1. The van der Waals surface area contributed by atoms with Crippen LogP contribution in [0.25, 0.3) is 0 Å². The number of fused-ring (bicyclic) bond motifs is 5. The van der Waals surface area contributed by atoms with E-state index in [1.165, 1.54) is 46.0 Å². The number of hydrogen-bond acceptors (Lipinski definition) is 4. The number of carbonyl (C=O) groups excluding carboxylic acids is 2. The predicted molar refractivity (Wildman–Crippen MR) is 125 cm³/mol. The van der Waals surface area contributed by atoms with Gasteiger partial charge < -0.3 is 9.47 Å². The van der Waals surface area contributed by atoms with E-state index in [1.54, 1.807) is 5.57 Å². The Balaban J connectivity index is 1.57. The molecule has 0 aromatic heterocycles. The van der Waals surface area contributed by atoms with Gasteiger partial charge in [-0.3, -0.25) is 9.59 Å². The molecule has 3 fully saturated rings. The first-order valence-electron chi connectivity index (χ1n) is 11.8. The maximum Gasteiger partial charge on any atom is 0.302 e. The molecule has 4 aliphatic carbocycles. The van der Waals surface area contributed by atoms with Crippen molar-refractivity contribution in [2.75, 3.05) is 4.43 Å². The number of allylic oxidation sites excluding steroid dienone is 1. The van der Waals surface area contributed by atoms with Gasteiger partial charge in [-0.2, -0.15) is 0 Å². The second kappa shape index (κ2) is 8.40. The van der Waals surface area contributed by atoms with E-state index in [4.69, 9.17) is 9.47 Å². The topological polar surface area (TPSA) is 52.6 Å². The molecular weight excluding hydrogens is 491 g/mol. The van der Waals surface area contributed by atoms with Gasteiger partial charge in [0.2, 0.25) is 0 Å². The molecule has 0 heterocycles. The number of hydrogen-bond donors (Lipinski definition) is 0. The first-order chi connectivity index (χ1) is 14.2. The summed E-state index contributed by atoms with van der Waals surface area (Å²) in [4.78, 5) is 23.1. The van der Waals surface area contributed by atoms with Gasteiger partial charge in [-0.05, 0) is 80.5 Å². The molecule has 168 valence electrons. The third kappa shape index (κ3) is 3.65. The van der Waals surface area contributed by atoms with Crippen LogP contribution in [0, 0.1) is 34.5 Å². The van der Waals surface area contributed by atoms with Gasteiger partial charge in [-0.25, -0.2) is 0 Å². The van der Waals surface area contributed by atoms with Gasteiger partial charge in [0, 0.05) is 30.6 Å². The van der Waals surface area contributed by atoms with Gasteiger partial charge in [0.1, 0.15) is 12.2 Å². The molecule has 4 aliphatic rings. The van der Waals surface area contributed by atoms with Crippen LogP contribution in [0.4, 0.5) is 0 Å². The molecule has 0 aromatic rings. The van der Waals surface area contributed by atoms with E-state index in [2.05, 4.69) is 42.5 Å². The lowest BCUT2D eigenvalue weighted by Crippen LogP contribution is -2.53. The van der Waals surface area contributed by atoms with E-state index in [-0.39, 0.29) is 29.6 Å². The van der Waals surface area contributed by atoms with Crippen molar-refractivity contribution >= 4 is 34.5 Å². The molecule has 0 radical (unpaired) electrons. The summed E-state index contributed by atoms with van der Waals surface area (Å²) in [5.41, 5.74) is 2.12. The van der Waals surface area contributed by atoms with Crippen LogP contribution < -0.4 is 0 Å². The Morgan fingerprint density at radius 1 is 1.13 bits per heavy atom. The van der Waals surface area contributed by atoms with E-state index in [0.717, 1.165) is 41.4 Å². The third-order valence-electron chi connectivity index (χ3n) is 9.34. The quantitative estimate of drug-likeness (QED) is 0.199. The van der Waals surface area contributed by atoms with Crippen LogP contribution in [0.3, 0.4) is 0 Å². The summed E-state index contributed by atoms with van der Waals surface area (Å²) >= 11 is 2.61. The molecule has 0 aromatic carbocycles. The molecule has 30 heavy (non-hydrogen) atoms. The zero-order chi connectivity index (χ0) is 21.7. The lowest BCUT2D eigenvalue weighted by molar-refractivity contribution is -0.153. The minimum atomic E-state index is -0.152. The number of alkyl halides is 1. The molecule has 0 saturated heterocycles. The fraction of sp³-hybridized carbons (Fsp3) is 0.840. The van der Waals surface area contributed by atoms with Crippen molar-refractivity contribution in [3.63, 3.8) is 0 Å². The summed E-state index contributed by atoms with van der Waals surface area (Å²) in [5, 5.41) is 0. The average molecular weight is 528 g/mol. The molecule has 0 N–H and O–H groups in total. The van der Waals surface area contributed by atoms with Crippen LogP contribution in [-0.4, -0.2) is 28.6 Å². The summed E-state index contributed by atoms with van der Waals surface area (Å²) in [7, 11) is 0. The van der Waals surface area contributed by atoms with Gasteiger partial charge in [-0.15, -0.1) is 0 Å². The Morgan fingerprint density at radius 2 is 1.90 bits per heavy atom. The van der Waals surface area contributed by atoms with E-state index in [1.807, 2.05) is 0 Å². The standard InChI is InChI=1S/C25H37IO4/c1-15(29-16(2)27)21-7-8-23-20-6-5-18-13-19(30-17(3)28)9-11-24(18,4)22(20)10-12-25(21,23)14-26/h5,15,19-23H,6-14H2,1-4H3/t15-,19+,20-,21-,22+,23+,24+,25+/m1/s1. The SMILES string of the molecule is CC(=O)O[C@H]1CC[C@@]2(C)C(=CC[C@H]3[C@@H]4CC[C@H]([C@@H](C)OC(C)=O)[C@@]4(CI)CC[C@@H]32)C1. The van der Waals surface area contributed by atoms with Crippen molar-refractivity contribution in [2.45, 2.75) is 91.3 Å². The van der Waals surface area contributed by atoms with Gasteiger partial charge in [-0.1, -0.05) is 41.2 Å². The van der Waals surface area contributed by atoms with Gasteiger partial charge in [0.25, 0.3) is 0 Å². The van der Waals surface area contributed by atoms with Crippen LogP contribution in [0.2, 0.25) is 0 Å². The average Bonchev–Trinajstić information content (AvgIpc) is 3.07. The fourth-order valence-corrected chi connectivity index (χ4v) is 9.64. The number of carbonyl (C=O) groups is 2. The van der Waals surface area contributed by atoms with E-state index in [0.29, 0.717) is 11.3 Å². The van der Waals surface area contributed by atoms with E-state index < -0.39 is 0 Å². The van der Waals surface area contributed by atoms with Crippen molar-refractivity contribution in [1.82, 2.24) is 0 Å². The summed E-state index contributed by atoms with van der Waals surface area (Å²) in [6, 6.07) is 0. The molecule has 3 saturated carbocycles. The van der Waals surface area contributed by atoms with Crippen molar-refractivity contribution < 1.29 is 19.1 Å². The minimum absolute atomic E-state index is 0.0169. The van der Waals surface area contributed by atoms with Gasteiger partial charge in [0.15, 0.2) is 0 Å². The smallest absolute Gasteiger partial charge is 0.302 e. The molecule has 4 rings (SSSR count). The first-order valence-corrected chi connectivity index (χ1v) is 13.3. The fourth-order valence-electron chi connectivity index (χ4n) is 8.13. The molecule has 8 atom stereocenters. The molecule has 0 unspecified atom stereocenters. The summed E-state index contributed by atoms with van der Waals surface area (Å²) in [6.07, 6.45) is 11.8.